The van der Waals surface area contributed by atoms with Gasteiger partial charge in [-0.2, -0.15) is 0 Å². The van der Waals surface area contributed by atoms with Crippen LogP contribution in [0.5, 0.6) is 0 Å². The maximum Gasteiger partial charge on any atom is 0.141 e. The van der Waals surface area contributed by atoms with Crippen molar-refractivity contribution in [1.82, 2.24) is 9.97 Å². The quantitative estimate of drug-likeness (QED) is 0.489. The summed E-state index contributed by atoms with van der Waals surface area (Å²) in [5, 5.41) is 7.22. The summed E-state index contributed by atoms with van der Waals surface area (Å²) in [5.41, 5.74) is 6.85. The summed E-state index contributed by atoms with van der Waals surface area (Å²) < 4.78 is 0. The van der Waals surface area contributed by atoms with E-state index in [4.69, 9.17) is 11.1 Å². The van der Waals surface area contributed by atoms with Crippen LogP contribution in [0.1, 0.15) is 5.69 Å². The van der Waals surface area contributed by atoms with Gasteiger partial charge in [0.25, 0.3) is 0 Å². The van der Waals surface area contributed by atoms with E-state index in [0.717, 1.165) is 11.4 Å². The Labute approximate surface area is 81.3 Å². The first-order valence-electron chi connectivity index (χ1n) is 4.22. The van der Waals surface area contributed by atoms with Gasteiger partial charge in [-0.15, -0.1) is 0 Å². The highest BCUT2D eigenvalue weighted by molar-refractivity contribution is 5.93. The van der Waals surface area contributed by atoms with Crippen LogP contribution in [0.15, 0.2) is 36.5 Å². The molecular formula is C10H10N4. The van der Waals surface area contributed by atoms with Crippen molar-refractivity contribution >= 4 is 5.84 Å². The van der Waals surface area contributed by atoms with Crippen LogP contribution >= 0.6 is 0 Å². The molecule has 0 bridgehead atoms. The maximum absolute atomic E-state index is 7.22. The lowest BCUT2D eigenvalue weighted by molar-refractivity contribution is 1.29. The molecule has 0 radical (unpaired) electrons. The number of hydrogen-bond donors (Lipinski definition) is 3. The lowest BCUT2D eigenvalue weighted by Crippen LogP contribution is -2.11. The number of aromatic amines is 1. The SMILES string of the molecule is N=C(N)c1cnc(-c2ccccc2)[nH]1. The summed E-state index contributed by atoms with van der Waals surface area (Å²) in [6.07, 6.45) is 1.56. The third kappa shape index (κ3) is 1.50. The minimum absolute atomic E-state index is 0.000295. The van der Waals surface area contributed by atoms with Gasteiger partial charge in [0.1, 0.15) is 17.4 Å². The normalized spacial score (nSPS) is 10.0. The van der Waals surface area contributed by atoms with E-state index < -0.39 is 0 Å². The van der Waals surface area contributed by atoms with E-state index in [9.17, 15) is 0 Å². The molecule has 0 saturated heterocycles. The van der Waals surface area contributed by atoms with Crippen molar-refractivity contribution in [1.29, 1.82) is 5.41 Å². The second-order valence-electron chi connectivity index (χ2n) is 2.93. The number of benzene rings is 1. The first-order valence-corrected chi connectivity index (χ1v) is 4.22. The molecule has 1 aromatic heterocycles. The summed E-state index contributed by atoms with van der Waals surface area (Å²) in [5.74, 6) is 0.732. The Morgan fingerprint density at radius 2 is 2.00 bits per heavy atom. The molecule has 0 fully saturated rings. The van der Waals surface area contributed by atoms with Gasteiger partial charge in [-0.25, -0.2) is 4.98 Å². The van der Waals surface area contributed by atoms with Gasteiger partial charge < -0.3 is 10.7 Å². The molecule has 2 aromatic rings. The Hall–Kier alpha value is -2.10. The Bertz CT molecular complexity index is 444. The van der Waals surface area contributed by atoms with E-state index in [2.05, 4.69) is 9.97 Å². The van der Waals surface area contributed by atoms with E-state index in [1.54, 1.807) is 6.20 Å². The molecule has 0 saturated carbocycles. The highest BCUT2D eigenvalue weighted by Gasteiger charge is 2.03. The summed E-state index contributed by atoms with van der Waals surface area (Å²) in [7, 11) is 0. The van der Waals surface area contributed by atoms with Crippen LogP contribution in [0.2, 0.25) is 0 Å². The lowest BCUT2D eigenvalue weighted by atomic mass is 10.2. The summed E-state index contributed by atoms with van der Waals surface area (Å²) in [4.78, 5) is 7.10. The number of nitrogen functional groups attached to an aromatic ring is 1. The molecule has 4 nitrogen and oxygen atoms in total. The van der Waals surface area contributed by atoms with Gasteiger partial charge in [0.15, 0.2) is 0 Å². The van der Waals surface area contributed by atoms with Gasteiger partial charge in [-0.05, 0) is 0 Å². The van der Waals surface area contributed by atoms with Crippen LogP contribution in [-0.4, -0.2) is 15.8 Å². The number of amidine groups is 1. The molecule has 0 atom stereocenters. The Balaban J connectivity index is 2.39. The predicted octanol–water partition coefficient (Wildman–Crippen LogP) is 1.36. The zero-order chi connectivity index (χ0) is 9.97. The molecule has 2 rings (SSSR count). The number of nitrogens with two attached hydrogens (primary N) is 1. The number of nitrogens with one attached hydrogen (secondary N) is 2. The molecule has 4 N–H and O–H groups in total. The number of imidazole rings is 1. The topological polar surface area (TPSA) is 78.6 Å². The fourth-order valence-corrected chi connectivity index (χ4v) is 1.20. The van der Waals surface area contributed by atoms with Crippen LogP contribution in [0, 0.1) is 5.41 Å². The molecule has 1 heterocycles. The van der Waals surface area contributed by atoms with Crippen molar-refractivity contribution in [2.45, 2.75) is 0 Å². The maximum atomic E-state index is 7.22. The molecule has 0 aliphatic carbocycles. The molecule has 0 unspecified atom stereocenters. The lowest BCUT2D eigenvalue weighted by Gasteiger charge is -1.94. The average molecular weight is 186 g/mol. The number of aromatic nitrogens is 2. The minimum Gasteiger partial charge on any atom is -0.382 e. The molecule has 4 heteroatoms. The Morgan fingerprint density at radius 1 is 1.29 bits per heavy atom. The number of H-pyrrole nitrogens is 1. The predicted molar refractivity (Wildman–Crippen MR) is 55.0 cm³/mol. The summed E-state index contributed by atoms with van der Waals surface area (Å²) >= 11 is 0. The van der Waals surface area contributed by atoms with Gasteiger partial charge in [-0.3, -0.25) is 5.41 Å². The van der Waals surface area contributed by atoms with E-state index in [0.29, 0.717) is 5.69 Å². The second-order valence-corrected chi connectivity index (χ2v) is 2.93. The van der Waals surface area contributed by atoms with Crippen LogP contribution in [0.4, 0.5) is 0 Å². The van der Waals surface area contributed by atoms with Gasteiger partial charge in [0, 0.05) is 5.56 Å². The standard InChI is InChI=1S/C10H10N4/c11-9(12)8-6-13-10(14-8)7-4-2-1-3-5-7/h1-6H,(H3,11,12)(H,13,14). The van der Waals surface area contributed by atoms with Crippen LogP contribution in [0.3, 0.4) is 0 Å². The molecule has 0 spiro atoms. The molecule has 0 amide bonds. The molecular weight excluding hydrogens is 176 g/mol. The zero-order valence-corrected chi connectivity index (χ0v) is 7.49. The number of hydrogen-bond acceptors (Lipinski definition) is 2. The summed E-state index contributed by atoms with van der Waals surface area (Å²) in [6, 6.07) is 9.71. The largest absolute Gasteiger partial charge is 0.382 e. The van der Waals surface area contributed by atoms with Crippen LogP contribution < -0.4 is 5.73 Å². The van der Waals surface area contributed by atoms with Crippen molar-refractivity contribution in [2.75, 3.05) is 0 Å². The number of nitrogens with zero attached hydrogens (tertiary/aromatic N) is 1. The molecule has 0 aliphatic heterocycles. The van der Waals surface area contributed by atoms with E-state index in [1.165, 1.54) is 0 Å². The van der Waals surface area contributed by atoms with Crippen molar-refractivity contribution < 1.29 is 0 Å². The van der Waals surface area contributed by atoms with Crippen molar-refractivity contribution in [2.24, 2.45) is 5.73 Å². The molecule has 14 heavy (non-hydrogen) atoms. The summed E-state index contributed by atoms with van der Waals surface area (Å²) in [6.45, 7) is 0. The Morgan fingerprint density at radius 3 is 2.57 bits per heavy atom. The third-order valence-electron chi connectivity index (χ3n) is 1.91. The second kappa shape index (κ2) is 3.33. The van der Waals surface area contributed by atoms with E-state index in [1.807, 2.05) is 30.3 Å². The highest BCUT2D eigenvalue weighted by Crippen LogP contribution is 2.14. The minimum atomic E-state index is -0.000295. The van der Waals surface area contributed by atoms with Crippen molar-refractivity contribution in [3.8, 4) is 11.4 Å². The fraction of sp³-hybridized carbons (Fsp3) is 0. The van der Waals surface area contributed by atoms with Gasteiger partial charge in [-0.1, -0.05) is 30.3 Å². The molecule has 1 aromatic carbocycles. The van der Waals surface area contributed by atoms with Gasteiger partial charge in [0.05, 0.1) is 6.20 Å². The Kier molecular flexibility index (Phi) is 2.02. The average Bonchev–Trinajstić information content (AvgIpc) is 2.68. The first-order chi connectivity index (χ1) is 6.77. The smallest absolute Gasteiger partial charge is 0.141 e. The van der Waals surface area contributed by atoms with Crippen LogP contribution in [-0.2, 0) is 0 Å². The van der Waals surface area contributed by atoms with E-state index in [-0.39, 0.29) is 5.84 Å². The third-order valence-corrected chi connectivity index (χ3v) is 1.91. The van der Waals surface area contributed by atoms with Crippen molar-refractivity contribution in [3.05, 3.63) is 42.2 Å². The fourth-order valence-electron chi connectivity index (χ4n) is 1.20. The van der Waals surface area contributed by atoms with Crippen LogP contribution in [0.25, 0.3) is 11.4 Å². The van der Waals surface area contributed by atoms with Crippen molar-refractivity contribution in [3.63, 3.8) is 0 Å². The van der Waals surface area contributed by atoms with E-state index >= 15 is 0 Å². The van der Waals surface area contributed by atoms with Gasteiger partial charge >= 0.3 is 0 Å². The monoisotopic (exact) mass is 186 g/mol. The number of rotatable bonds is 2. The zero-order valence-electron chi connectivity index (χ0n) is 7.49. The first kappa shape index (κ1) is 8.50. The molecule has 0 aliphatic rings. The highest BCUT2D eigenvalue weighted by atomic mass is 14.9. The molecule has 70 valence electrons. The van der Waals surface area contributed by atoms with Gasteiger partial charge in [0.2, 0.25) is 0 Å².